The molecule has 1 N–H and O–H groups in total. The molecular weight excluding hydrogens is 440 g/mol. The number of amides is 1. The van der Waals surface area contributed by atoms with Crippen LogP contribution >= 0.6 is 11.6 Å². The number of carbonyl (C=O) groups is 1. The number of fused-ring (bicyclic) bond motifs is 2. The first-order chi connectivity index (χ1) is 14.8. The summed E-state index contributed by atoms with van der Waals surface area (Å²) in [5, 5.41) is 5.31. The van der Waals surface area contributed by atoms with Gasteiger partial charge in [-0.25, -0.2) is 8.42 Å². The fraction of sp³-hybridized carbons (Fsp3) is 0.227. The Morgan fingerprint density at radius 3 is 2.71 bits per heavy atom. The van der Waals surface area contributed by atoms with Crippen LogP contribution < -0.4 is 19.1 Å². The second kappa shape index (κ2) is 8.64. The lowest BCUT2D eigenvalue weighted by Crippen LogP contribution is -2.51. The number of benzene rings is 3. The average Bonchev–Trinajstić information content (AvgIpc) is 2.75. The van der Waals surface area contributed by atoms with Crippen molar-refractivity contribution >= 4 is 44.0 Å². The lowest BCUT2D eigenvalue weighted by molar-refractivity contribution is -0.127. The van der Waals surface area contributed by atoms with Crippen LogP contribution in [0.3, 0.4) is 0 Å². The third kappa shape index (κ3) is 4.86. The first-order valence-electron chi connectivity index (χ1n) is 9.64. The summed E-state index contributed by atoms with van der Waals surface area (Å²) in [6, 6.07) is 18.4. The van der Waals surface area contributed by atoms with Crippen molar-refractivity contribution in [2.24, 2.45) is 0 Å². The Bertz CT molecular complexity index is 1230. The van der Waals surface area contributed by atoms with Crippen LogP contribution in [0.15, 0.2) is 60.7 Å². The highest BCUT2D eigenvalue weighted by molar-refractivity contribution is 7.92. The summed E-state index contributed by atoms with van der Waals surface area (Å²) in [6.45, 7) is 0.375. The maximum atomic E-state index is 12.6. The lowest BCUT2D eigenvalue weighted by atomic mass is 10.1. The highest BCUT2D eigenvalue weighted by Crippen LogP contribution is 2.37. The second-order valence-corrected chi connectivity index (χ2v) is 9.50. The molecule has 0 saturated heterocycles. The standard InChI is InChI=1S/C22H21ClN2O5S/c1-31(27,28)25-14-21(30-20-9-7-17(23)13-19(20)25)22(26)24-10-11-29-18-8-6-15-4-2-3-5-16(15)12-18/h2-9,12-13,21H,10-11,14H2,1H3,(H,24,26)/t21-/m0/s1. The summed E-state index contributed by atoms with van der Waals surface area (Å²) in [7, 11) is -3.61. The molecule has 1 atom stereocenters. The molecule has 3 aromatic carbocycles. The van der Waals surface area contributed by atoms with E-state index in [0.717, 1.165) is 21.3 Å². The maximum Gasteiger partial charge on any atom is 0.263 e. The summed E-state index contributed by atoms with van der Waals surface area (Å²) in [5.74, 6) is 0.570. The van der Waals surface area contributed by atoms with E-state index < -0.39 is 22.0 Å². The SMILES string of the molecule is CS(=O)(=O)N1C[C@@H](C(=O)NCCOc2ccc3ccccc3c2)Oc2ccc(Cl)cc21. The number of sulfonamides is 1. The van der Waals surface area contributed by atoms with E-state index in [1.165, 1.54) is 6.07 Å². The first-order valence-corrected chi connectivity index (χ1v) is 11.9. The Morgan fingerprint density at radius 1 is 1.16 bits per heavy atom. The lowest BCUT2D eigenvalue weighted by Gasteiger charge is -2.34. The van der Waals surface area contributed by atoms with E-state index in [-0.39, 0.29) is 25.4 Å². The summed E-state index contributed by atoms with van der Waals surface area (Å²) >= 11 is 5.99. The molecule has 1 aliphatic rings. The Labute approximate surface area is 185 Å². The predicted octanol–water partition coefficient (Wildman–Crippen LogP) is 3.22. The van der Waals surface area contributed by atoms with Crippen molar-refractivity contribution in [3.05, 3.63) is 65.7 Å². The van der Waals surface area contributed by atoms with E-state index in [9.17, 15) is 13.2 Å². The van der Waals surface area contributed by atoms with Crippen LogP contribution in [0.5, 0.6) is 11.5 Å². The molecule has 0 aromatic heterocycles. The van der Waals surface area contributed by atoms with Crippen LogP contribution in [0, 0.1) is 0 Å². The molecule has 1 aliphatic heterocycles. The van der Waals surface area contributed by atoms with Gasteiger partial charge in [0.05, 0.1) is 25.0 Å². The van der Waals surface area contributed by atoms with Gasteiger partial charge in [0.2, 0.25) is 10.0 Å². The Morgan fingerprint density at radius 2 is 1.94 bits per heavy atom. The number of anilines is 1. The van der Waals surface area contributed by atoms with E-state index in [2.05, 4.69) is 5.32 Å². The van der Waals surface area contributed by atoms with E-state index >= 15 is 0 Å². The molecule has 31 heavy (non-hydrogen) atoms. The van der Waals surface area contributed by atoms with Gasteiger partial charge >= 0.3 is 0 Å². The summed E-state index contributed by atoms with van der Waals surface area (Å²) < 4.78 is 37.0. The molecule has 3 aromatic rings. The third-order valence-corrected chi connectivity index (χ3v) is 6.26. The van der Waals surface area contributed by atoms with E-state index in [1.54, 1.807) is 12.1 Å². The van der Waals surface area contributed by atoms with E-state index in [1.807, 2.05) is 42.5 Å². The zero-order valence-electron chi connectivity index (χ0n) is 16.7. The molecule has 0 bridgehead atoms. The predicted molar refractivity (Wildman–Crippen MR) is 121 cm³/mol. The van der Waals surface area contributed by atoms with Crippen LogP contribution in [0.2, 0.25) is 5.02 Å². The molecule has 4 rings (SSSR count). The van der Waals surface area contributed by atoms with Crippen LogP contribution in [0.1, 0.15) is 0 Å². The van der Waals surface area contributed by atoms with Crippen LogP contribution in [-0.2, 0) is 14.8 Å². The van der Waals surface area contributed by atoms with Crippen LogP contribution in [0.4, 0.5) is 5.69 Å². The number of ether oxygens (including phenoxy) is 2. The van der Waals surface area contributed by atoms with Gasteiger partial charge in [0.15, 0.2) is 6.10 Å². The molecule has 162 valence electrons. The smallest absolute Gasteiger partial charge is 0.263 e. The molecule has 0 spiro atoms. The quantitative estimate of drug-likeness (QED) is 0.571. The van der Waals surface area contributed by atoms with Crippen molar-refractivity contribution in [1.29, 1.82) is 0 Å². The monoisotopic (exact) mass is 460 g/mol. The van der Waals surface area contributed by atoms with Crippen molar-refractivity contribution in [2.45, 2.75) is 6.10 Å². The van der Waals surface area contributed by atoms with Gasteiger partial charge in [0.1, 0.15) is 18.1 Å². The number of carbonyl (C=O) groups excluding carboxylic acids is 1. The number of rotatable bonds is 6. The average molecular weight is 461 g/mol. The Hall–Kier alpha value is -2.97. The largest absolute Gasteiger partial charge is 0.492 e. The highest BCUT2D eigenvalue weighted by atomic mass is 35.5. The number of hydrogen-bond acceptors (Lipinski definition) is 5. The van der Waals surface area contributed by atoms with Gasteiger partial charge in [-0.2, -0.15) is 0 Å². The highest BCUT2D eigenvalue weighted by Gasteiger charge is 2.35. The van der Waals surface area contributed by atoms with Crippen molar-refractivity contribution in [2.75, 3.05) is 30.3 Å². The molecule has 0 saturated carbocycles. The van der Waals surface area contributed by atoms with Gasteiger partial charge in [-0.3, -0.25) is 9.10 Å². The summed E-state index contributed by atoms with van der Waals surface area (Å²) in [5.41, 5.74) is 0.318. The minimum absolute atomic E-state index is 0.135. The molecule has 0 radical (unpaired) electrons. The molecule has 1 amide bonds. The van der Waals surface area contributed by atoms with Gasteiger partial charge in [0.25, 0.3) is 5.91 Å². The zero-order chi connectivity index (χ0) is 22.0. The number of hydrogen-bond donors (Lipinski definition) is 1. The Balaban J connectivity index is 1.36. The molecule has 0 fully saturated rings. The number of nitrogens with zero attached hydrogens (tertiary/aromatic N) is 1. The minimum atomic E-state index is -3.61. The molecular formula is C22H21ClN2O5S. The van der Waals surface area contributed by atoms with Crippen LogP contribution in [0.25, 0.3) is 10.8 Å². The molecule has 0 aliphatic carbocycles. The molecule has 1 heterocycles. The van der Waals surface area contributed by atoms with Crippen LogP contribution in [-0.4, -0.2) is 46.4 Å². The van der Waals surface area contributed by atoms with Crippen molar-refractivity contribution in [3.63, 3.8) is 0 Å². The Kier molecular flexibility index (Phi) is 5.93. The minimum Gasteiger partial charge on any atom is -0.492 e. The first kappa shape index (κ1) is 21.3. The van der Waals surface area contributed by atoms with E-state index in [4.69, 9.17) is 21.1 Å². The maximum absolute atomic E-state index is 12.6. The van der Waals surface area contributed by atoms with Gasteiger partial charge in [-0.05, 0) is 41.1 Å². The fourth-order valence-corrected chi connectivity index (χ4v) is 4.46. The summed E-state index contributed by atoms with van der Waals surface area (Å²) in [6.07, 6.45) is 0.0964. The topological polar surface area (TPSA) is 84.9 Å². The van der Waals surface area contributed by atoms with Crippen molar-refractivity contribution in [3.8, 4) is 11.5 Å². The molecule has 9 heteroatoms. The van der Waals surface area contributed by atoms with Crippen molar-refractivity contribution in [1.82, 2.24) is 5.32 Å². The molecule has 0 unspecified atom stereocenters. The number of halogens is 1. The van der Waals surface area contributed by atoms with E-state index in [0.29, 0.717) is 16.5 Å². The number of nitrogens with one attached hydrogen (secondary N) is 1. The van der Waals surface area contributed by atoms with Crippen molar-refractivity contribution < 1.29 is 22.7 Å². The zero-order valence-corrected chi connectivity index (χ0v) is 18.3. The van der Waals surface area contributed by atoms with Gasteiger partial charge in [-0.15, -0.1) is 0 Å². The fourth-order valence-electron chi connectivity index (χ4n) is 3.39. The molecule has 7 nitrogen and oxygen atoms in total. The van der Waals surface area contributed by atoms with Gasteiger partial charge in [-0.1, -0.05) is 41.9 Å². The third-order valence-electron chi connectivity index (χ3n) is 4.87. The van der Waals surface area contributed by atoms with Gasteiger partial charge < -0.3 is 14.8 Å². The normalized spacial score (nSPS) is 15.8. The van der Waals surface area contributed by atoms with Gasteiger partial charge in [0, 0.05) is 5.02 Å². The second-order valence-electron chi connectivity index (χ2n) is 7.16. The summed E-state index contributed by atoms with van der Waals surface area (Å²) in [4.78, 5) is 12.6.